The van der Waals surface area contributed by atoms with E-state index in [1.807, 2.05) is 0 Å². The number of ether oxygens (including phenoxy) is 2. The zero-order valence-corrected chi connectivity index (χ0v) is 10.0. The molecule has 1 heterocycles. The van der Waals surface area contributed by atoms with Crippen LogP contribution in [0.2, 0.25) is 0 Å². The van der Waals surface area contributed by atoms with Crippen LogP contribution in [-0.2, 0) is 4.74 Å². The molecule has 0 aromatic heterocycles. The number of hydrogen-bond donors (Lipinski definition) is 2. The van der Waals surface area contributed by atoms with E-state index in [-0.39, 0.29) is 24.6 Å². The molecule has 7 heteroatoms. The van der Waals surface area contributed by atoms with Gasteiger partial charge >= 0.3 is 6.61 Å². The molecule has 0 amide bonds. The van der Waals surface area contributed by atoms with Crippen molar-refractivity contribution in [2.75, 3.05) is 31.7 Å². The first-order valence-corrected chi connectivity index (χ1v) is 5.71. The molecule has 1 fully saturated rings. The highest BCUT2D eigenvalue weighted by Gasteiger charge is 2.38. The molecule has 1 aliphatic rings. The molecule has 2 N–H and O–H groups in total. The Morgan fingerprint density at radius 3 is 2.68 bits per heavy atom. The third-order valence-electron chi connectivity index (χ3n) is 2.96. The zero-order valence-electron chi connectivity index (χ0n) is 10.0. The molecule has 0 aliphatic carbocycles. The molecule has 1 saturated heterocycles. The minimum atomic E-state index is -2.98. The number of rotatable bonds is 6. The number of aliphatic hydroxyl groups is 1. The van der Waals surface area contributed by atoms with Crippen molar-refractivity contribution in [1.82, 2.24) is 0 Å². The molecule has 2 rings (SSSR count). The van der Waals surface area contributed by atoms with Gasteiger partial charge in [-0.2, -0.15) is 8.78 Å². The van der Waals surface area contributed by atoms with E-state index in [2.05, 4.69) is 10.1 Å². The van der Waals surface area contributed by atoms with Crippen LogP contribution in [0.15, 0.2) is 18.2 Å². The average Bonchev–Trinajstić information content (AvgIpc) is 2.31. The van der Waals surface area contributed by atoms with Gasteiger partial charge in [0, 0.05) is 12.6 Å². The smallest absolute Gasteiger partial charge is 0.387 e. The summed E-state index contributed by atoms with van der Waals surface area (Å²) >= 11 is 0. The SMILES string of the molecule is OCC1(CNc2cc(F)ccc2OC(F)F)COC1. The third kappa shape index (κ3) is 3.30. The molecular weight excluding hydrogens is 263 g/mol. The van der Waals surface area contributed by atoms with Crippen molar-refractivity contribution in [2.45, 2.75) is 6.61 Å². The van der Waals surface area contributed by atoms with Crippen LogP contribution in [0, 0.1) is 11.2 Å². The Morgan fingerprint density at radius 1 is 1.42 bits per heavy atom. The highest BCUT2D eigenvalue weighted by Crippen LogP contribution is 2.31. The largest absolute Gasteiger partial charge is 0.433 e. The van der Waals surface area contributed by atoms with Crippen molar-refractivity contribution in [3.8, 4) is 5.75 Å². The van der Waals surface area contributed by atoms with E-state index >= 15 is 0 Å². The first-order chi connectivity index (χ1) is 9.04. The van der Waals surface area contributed by atoms with Crippen molar-refractivity contribution < 1.29 is 27.8 Å². The van der Waals surface area contributed by atoms with Crippen molar-refractivity contribution in [3.05, 3.63) is 24.0 Å². The number of halogens is 3. The van der Waals surface area contributed by atoms with Crippen molar-refractivity contribution in [2.24, 2.45) is 5.41 Å². The van der Waals surface area contributed by atoms with Crippen LogP contribution in [0.1, 0.15) is 0 Å². The molecule has 1 aliphatic heterocycles. The first kappa shape index (κ1) is 14.0. The van der Waals surface area contributed by atoms with Gasteiger partial charge in [0.15, 0.2) is 0 Å². The fraction of sp³-hybridized carbons (Fsp3) is 0.500. The molecular formula is C12H14F3NO3. The van der Waals surface area contributed by atoms with Gasteiger partial charge in [-0.1, -0.05) is 0 Å². The van der Waals surface area contributed by atoms with Crippen LogP contribution in [0.3, 0.4) is 0 Å². The quantitative estimate of drug-likeness (QED) is 0.833. The standard InChI is InChI=1S/C12H14F3NO3/c13-8-1-2-10(19-11(14)15)9(3-8)16-4-12(5-17)6-18-7-12/h1-3,11,16-17H,4-7H2. The normalized spacial score (nSPS) is 17.1. The maximum atomic E-state index is 13.1. The Hall–Kier alpha value is -1.47. The van der Waals surface area contributed by atoms with Gasteiger partial charge < -0.3 is 19.9 Å². The highest BCUT2D eigenvalue weighted by atomic mass is 19.3. The molecule has 19 heavy (non-hydrogen) atoms. The second-order valence-corrected chi connectivity index (χ2v) is 4.52. The van der Waals surface area contributed by atoms with Gasteiger partial charge in [0.1, 0.15) is 11.6 Å². The summed E-state index contributed by atoms with van der Waals surface area (Å²) in [6.07, 6.45) is 0. The molecule has 1 aromatic carbocycles. The van der Waals surface area contributed by atoms with Crippen LogP contribution in [-0.4, -0.2) is 38.1 Å². The van der Waals surface area contributed by atoms with E-state index in [4.69, 9.17) is 4.74 Å². The summed E-state index contributed by atoms with van der Waals surface area (Å²) in [6, 6.07) is 3.24. The Balaban J connectivity index is 2.07. The number of alkyl halides is 2. The van der Waals surface area contributed by atoms with E-state index in [0.717, 1.165) is 18.2 Å². The summed E-state index contributed by atoms with van der Waals surface area (Å²) in [5, 5.41) is 12.1. The van der Waals surface area contributed by atoms with E-state index in [1.165, 1.54) is 0 Å². The summed E-state index contributed by atoms with van der Waals surface area (Å²) < 4.78 is 46.9. The molecule has 0 radical (unpaired) electrons. The van der Waals surface area contributed by atoms with Gasteiger partial charge in [-0.05, 0) is 12.1 Å². The lowest BCUT2D eigenvalue weighted by Gasteiger charge is -2.40. The summed E-state index contributed by atoms with van der Waals surface area (Å²) in [6.45, 7) is -2.05. The van der Waals surface area contributed by atoms with Crippen molar-refractivity contribution in [3.63, 3.8) is 0 Å². The van der Waals surface area contributed by atoms with Gasteiger partial charge in [-0.25, -0.2) is 4.39 Å². The first-order valence-electron chi connectivity index (χ1n) is 5.71. The molecule has 0 unspecified atom stereocenters. The molecule has 0 spiro atoms. The molecule has 1 aromatic rings. The predicted molar refractivity (Wildman–Crippen MR) is 61.9 cm³/mol. The minimum Gasteiger partial charge on any atom is -0.433 e. The summed E-state index contributed by atoms with van der Waals surface area (Å²) in [7, 11) is 0. The van der Waals surface area contributed by atoms with Gasteiger partial charge in [-0.3, -0.25) is 0 Å². The van der Waals surface area contributed by atoms with Gasteiger partial charge in [-0.15, -0.1) is 0 Å². The summed E-state index contributed by atoms with van der Waals surface area (Å²) in [4.78, 5) is 0. The van der Waals surface area contributed by atoms with Crippen LogP contribution >= 0.6 is 0 Å². The lowest BCUT2D eigenvalue weighted by molar-refractivity contribution is -0.128. The minimum absolute atomic E-state index is 0.0969. The van der Waals surface area contributed by atoms with Gasteiger partial charge in [0.05, 0.1) is 30.9 Å². The fourth-order valence-electron chi connectivity index (χ4n) is 1.76. The number of aliphatic hydroxyl groups excluding tert-OH is 1. The number of nitrogens with one attached hydrogen (secondary N) is 1. The monoisotopic (exact) mass is 277 g/mol. The van der Waals surface area contributed by atoms with Crippen LogP contribution < -0.4 is 10.1 Å². The van der Waals surface area contributed by atoms with Crippen LogP contribution in [0.25, 0.3) is 0 Å². The fourth-order valence-corrected chi connectivity index (χ4v) is 1.76. The van der Waals surface area contributed by atoms with E-state index < -0.39 is 17.8 Å². The predicted octanol–water partition coefficient (Wildman–Crippen LogP) is 1.85. The van der Waals surface area contributed by atoms with Crippen LogP contribution in [0.5, 0.6) is 5.75 Å². The number of anilines is 1. The lowest BCUT2D eigenvalue weighted by atomic mass is 9.87. The highest BCUT2D eigenvalue weighted by molar-refractivity contribution is 5.56. The zero-order chi connectivity index (χ0) is 13.9. The summed E-state index contributed by atoms with van der Waals surface area (Å²) in [5.74, 6) is -0.697. The average molecular weight is 277 g/mol. The summed E-state index contributed by atoms with van der Waals surface area (Å²) in [5.41, 5.74) is -0.325. The molecule has 0 atom stereocenters. The third-order valence-corrected chi connectivity index (χ3v) is 2.96. The van der Waals surface area contributed by atoms with Gasteiger partial charge in [0.2, 0.25) is 0 Å². The van der Waals surface area contributed by atoms with Crippen molar-refractivity contribution >= 4 is 5.69 Å². The molecule has 4 nitrogen and oxygen atoms in total. The maximum Gasteiger partial charge on any atom is 0.387 e. The van der Waals surface area contributed by atoms with Crippen molar-refractivity contribution in [1.29, 1.82) is 0 Å². The topological polar surface area (TPSA) is 50.7 Å². The van der Waals surface area contributed by atoms with E-state index in [9.17, 15) is 18.3 Å². The van der Waals surface area contributed by atoms with E-state index in [1.54, 1.807) is 0 Å². The Labute approximate surface area is 108 Å². The second-order valence-electron chi connectivity index (χ2n) is 4.52. The second kappa shape index (κ2) is 5.66. The van der Waals surface area contributed by atoms with Crippen LogP contribution in [0.4, 0.5) is 18.9 Å². The molecule has 0 bridgehead atoms. The van der Waals surface area contributed by atoms with E-state index in [0.29, 0.717) is 13.2 Å². The number of hydrogen-bond acceptors (Lipinski definition) is 4. The molecule has 106 valence electrons. The number of benzene rings is 1. The Kier molecular flexibility index (Phi) is 4.16. The lowest BCUT2D eigenvalue weighted by Crippen LogP contribution is -2.50. The Bertz CT molecular complexity index is 433. The Morgan fingerprint density at radius 2 is 2.16 bits per heavy atom. The van der Waals surface area contributed by atoms with Gasteiger partial charge in [0.25, 0.3) is 0 Å². The molecule has 0 saturated carbocycles. The maximum absolute atomic E-state index is 13.1.